The van der Waals surface area contributed by atoms with Crippen molar-refractivity contribution < 1.29 is 35.8 Å². The zero-order valence-electron chi connectivity index (χ0n) is 21.7. The van der Waals surface area contributed by atoms with Crippen LogP contribution in [0.1, 0.15) is 0 Å². The molecule has 3 aromatic carbocycles. The SMILES string of the molecule is COc1ccc(Cl)cc1N(CC(=O)Nc1ccc(OC)c(S(=O)(=O)N2CCOCC2)c1)S(=O)(=O)c1ccccc1. The maximum Gasteiger partial charge on any atom is 0.264 e. The Bertz CT molecular complexity index is 1580. The number of benzene rings is 3. The van der Waals surface area contributed by atoms with Crippen LogP contribution >= 0.6 is 11.6 Å². The highest BCUT2D eigenvalue weighted by Crippen LogP contribution is 2.35. The fourth-order valence-electron chi connectivity index (χ4n) is 4.09. The fourth-order valence-corrected chi connectivity index (χ4v) is 7.29. The van der Waals surface area contributed by atoms with Crippen molar-refractivity contribution in [2.75, 3.05) is 56.7 Å². The van der Waals surface area contributed by atoms with Crippen LogP contribution in [0.25, 0.3) is 0 Å². The summed E-state index contributed by atoms with van der Waals surface area (Å²) in [5, 5.41) is 2.84. The summed E-state index contributed by atoms with van der Waals surface area (Å²) < 4.78 is 72.1. The Labute approximate surface area is 238 Å². The van der Waals surface area contributed by atoms with E-state index < -0.39 is 32.5 Å². The van der Waals surface area contributed by atoms with Gasteiger partial charge in [-0.05, 0) is 48.5 Å². The molecular formula is C26H28ClN3O8S2. The number of halogens is 1. The summed E-state index contributed by atoms with van der Waals surface area (Å²) in [6.45, 7) is 0.213. The summed E-state index contributed by atoms with van der Waals surface area (Å²) in [6, 6.07) is 16.2. The number of hydrogen-bond donors (Lipinski definition) is 1. The largest absolute Gasteiger partial charge is 0.495 e. The lowest BCUT2D eigenvalue weighted by Crippen LogP contribution is -2.40. The number of ether oxygens (including phenoxy) is 3. The number of rotatable bonds is 10. The Morgan fingerprint density at radius 2 is 1.60 bits per heavy atom. The van der Waals surface area contributed by atoms with Crippen LogP contribution < -0.4 is 19.1 Å². The minimum atomic E-state index is -4.25. The van der Waals surface area contributed by atoms with Crippen molar-refractivity contribution in [3.63, 3.8) is 0 Å². The zero-order valence-corrected chi connectivity index (χ0v) is 24.1. The van der Waals surface area contributed by atoms with Crippen LogP contribution in [0.4, 0.5) is 11.4 Å². The molecule has 4 rings (SSSR count). The van der Waals surface area contributed by atoms with Gasteiger partial charge in [-0.15, -0.1) is 0 Å². The number of sulfonamides is 2. The molecular weight excluding hydrogens is 582 g/mol. The molecule has 1 aliphatic heterocycles. The maximum absolute atomic E-state index is 13.7. The first-order valence-electron chi connectivity index (χ1n) is 12.0. The molecule has 1 fully saturated rings. The molecule has 0 atom stereocenters. The van der Waals surface area contributed by atoms with Crippen molar-refractivity contribution in [3.8, 4) is 11.5 Å². The summed E-state index contributed by atoms with van der Waals surface area (Å²) >= 11 is 6.17. The van der Waals surface area contributed by atoms with E-state index in [0.29, 0.717) is 0 Å². The molecule has 0 saturated carbocycles. The highest BCUT2D eigenvalue weighted by atomic mass is 35.5. The number of nitrogens with one attached hydrogen (secondary N) is 1. The molecule has 214 valence electrons. The predicted octanol–water partition coefficient (Wildman–Crippen LogP) is 3.21. The molecule has 40 heavy (non-hydrogen) atoms. The maximum atomic E-state index is 13.7. The van der Waals surface area contributed by atoms with E-state index >= 15 is 0 Å². The van der Waals surface area contributed by atoms with Gasteiger partial charge in [0.05, 0.1) is 38.0 Å². The lowest BCUT2D eigenvalue weighted by atomic mass is 10.2. The number of nitrogens with zero attached hydrogens (tertiary/aromatic N) is 2. The van der Waals surface area contributed by atoms with Crippen molar-refractivity contribution in [1.29, 1.82) is 0 Å². The van der Waals surface area contributed by atoms with Gasteiger partial charge in [-0.1, -0.05) is 29.8 Å². The van der Waals surface area contributed by atoms with Crippen LogP contribution in [-0.2, 0) is 29.6 Å². The second-order valence-electron chi connectivity index (χ2n) is 8.57. The van der Waals surface area contributed by atoms with Gasteiger partial charge in [0.1, 0.15) is 22.9 Å². The molecule has 14 heteroatoms. The molecule has 0 spiro atoms. The molecule has 0 bridgehead atoms. The first-order valence-corrected chi connectivity index (χ1v) is 15.3. The third-order valence-corrected chi connectivity index (χ3v) is 9.99. The van der Waals surface area contributed by atoms with E-state index in [0.717, 1.165) is 4.31 Å². The number of amides is 1. The Kier molecular flexibility index (Phi) is 9.21. The van der Waals surface area contributed by atoms with Crippen molar-refractivity contribution in [2.24, 2.45) is 0 Å². The molecule has 0 aromatic heterocycles. The molecule has 1 N–H and O–H groups in total. The lowest BCUT2D eigenvalue weighted by molar-refractivity contribution is -0.114. The number of morpholine rings is 1. The molecule has 1 amide bonds. The second-order valence-corrected chi connectivity index (χ2v) is 12.8. The van der Waals surface area contributed by atoms with Gasteiger partial charge in [-0.2, -0.15) is 4.31 Å². The molecule has 0 aliphatic carbocycles. The van der Waals surface area contributed by atoms with Crippen molar-refractivity contribution >= 4 is 48.9 Å². The van der Waals surface area contributed by atoms with Crippen molar-refractivity contribution in [2.45, 2.75) is 9.79 Å². The van der Waals surface area contributed by atoms with Crippen LogP contribution in [0.5, 0.6) is 11.5 Å². The monoisotopic (exact) mass is 609 g/mol. The first-order chi connectivity index (χ1) is 19.1. The minimum Gasteiger partial charge on any atom is -0.495 e. The van der Waals surface area contributed by atoms with Crippen LogP contribution in [0.3, 0.4) is 0 Å². The number of carbonyl (C=O) groups excluding carboxylic acids is 1. The van der Waals surface area contributed by atoms with E-state index in [1.807, 2.05) is 0 Å². The van der Waals surface area contributed by atoms with Gasteiger partial charge >= 0.3 is 0 Å². The van der Waals surface area contributed by atoms with Gasteiger partial charge in [-0.3, -0.25) is 9.10 Å². The summed E-state index contributed by atoms with van der Waals surface area (Å²) in [5.41, 5.74) is 0.187. The molecule has 0 radical (unpaired) electrons. The van der Waals surface area contributed by atoms with E-state index in [9.17, 15) is 21.6 Å². The topological polar surface area (TPSA) is 132 Å². The number of methoxy groups -OCH3 is 2. The summed E-state index contributed by atoms with van der Waals surface area (Å²) in [7, 11) is -5.50. The fraction of sp³-hybridized carbons (Fsp3) is 0.269. The Hall–Kier alpha value is -3.36. The lowest BCUT2D eigenvalue weighted by Gasteiger charge is -2.27. The summed E-state index contributed by atoms with van der Waals surface area (Å²) in [6.07, 6.45) is 0. The molecule has 1 aliphatic rings. The standard InChI is InChI=1S/C26H28ClN3O8S2/c1-36-23-10-8-19(27)16-22(23)30(39(32,33)21-6-4-3-5-7-21)18-26(31)28-20-9-11-24(37-2)25(17-20)40(34,35)29-12-14-38-15-13-29/h3-11,16-17H,12-15,18H2,1-2H3,(H,28,31). The smallest absolute Gasteiger partial charge is 0.264 e. The van der Waals surface area contributed by atoms with E-state index in [1.165, 1.54) is 67.1 Å². The Morgan fingerprint density at radius 1 is 0.950 bits per heavy atom. The van der Waals surface area contributed by atoms with Gasteiger partial charge in [0.15, 0.2) is 0 Å². The van der Waals surface area contributed by atoms with Crippen LogP contribution in [-0.4, -0.2) is 74.1 Å². The van der Waals surface area contributed by atoms with Gasteiger partial charge in [0.25, 0.3) is 10.0 Å². The average molecular weight is 610 g/mol. The highest BCUT2D eigenvalue weighted by molar-refractivity contribution is 7.93. The number of hydrogen-bond acceptors (Lipinski definition) is 8. The van der Waals surface area contributed by atoms with Crippen molar-refractivity contribution in [3.05, 3.63) is 71.8 Å². The van der Waals surface area contributed by atoms with E-state index in [-0.39, 0.29) is 64.0 Å². The Balaban J connectivity index is 1.68. The minimum absolute atomic E-state index is 0.0480. The summed E-state index contributed by atoms with van der Waals surface area (Å²) in [5.74, 6) is -0.456. The Morgan fingerprint density at radius 3 is 2.25 bits per heavy atom. The third-order valence-electron chi connectivity index (χ3n) is 6.06. The first kappa shape index (κ1) is 29.6. The van der Waals surface area contributed by atoms with E-state index in [4.69, 9.17) is 25.8 Å². The molecule has 1 saturated heterocycles. The second kappa shape index (κ2) is 12.4. The van der Waals surface area contributed by atoms with Crippen molar-refractivity contribution in [1.82, 2.24) is 4.31 Å². The molecule has 0 unspecified atom stereocenters. The highest BCUT2D eigenvalue weighted by Gasteiger charge is 2.31. The third kappa shape index (κ3) is 6.34. The van der Waals surface area contributed by atoms with Crippen LogP contribution in [0.15, 0.2) is 76.5 Å². The molecule has 1 heterocycles. The van der Waals surface area contributed by atoms with Gasteiger partial charge in [-0.25, -0.2) is 16.8 Å². The molecule has 11 nitrogen and oxygen atoms in total. The van der Waals surface area contributed by atoms with E-state index in [2.05, 4.69) is 5.32 Å². The van der Waals surface area contributed by atoms with Crippen LogP contribution in [0.2, 0.25) is 5.02 Å². The summed E-state index contributed by atoms with van der Waals surface area (Å²) in [4.78, 5) is 13.1. The van der Waals surface area contributed by atoms with E-state index in [1.54, 1.807) is 18.2 Å². The normalized spacial score (nSPS) is 14.4. The molecule has 3 aromatic rings. The van der Waals surface area contributed by atoms with Crippen LogP contribution in [0, 0.1) is 0 Å². The average Bonchev–Trinajstić information content (AvgIpc) is 2.96. The van der Waals surface area contributed by atoms with Gasteiger partial charge in [0.2, 0.25) is 15.9 Å². The predicted molar refractivity (Wildman–Crippen MR) is 150 cm³/mol. The zero-order chi connectivity index (χ0) is 28.9. The number of carbonyl (C=O) groups is 1. The number of anilines is 2. The quantitative estimate of drug-likeness (QED) is 0.371. The van der Waals surface area contributed by atoms with Gasteiger partial charge in [0, 0.05) is 23.8 Å². The van der Waals surface area contributed by atoms with Gasteiger partial charge < -0.3 is 19.5 Å².